The lowest BCUT2D eigenvalue weighted by molar-refractivity contribution is -0.126. The summed E-state index contributed by atoms with van der Waals surface area (Å²) in [5, 5.41) is 3.02. The van der Waals surface area contributed by atoms with Crippen LogP contribution in [0, 0.1) is 5.41 Å². The molecule has 1 aliphatic carbocycles. The summed E-state index contributed by atoms with van der Waals surface area (Å²) in [6, 6.07) is 0. The smallest absolute Gasteiger partial charge is 0.227 e. The molecule has 5 heteroatoms. The topological polar surface area (TPSA) is 58.4 Å². The molecule has 16 heavy (non-hydrogen) atoms. The van der Waals surface area contributed by atoms with E-state index in [9.17, 15) is 4.79 Å². The van der Waals surface area contributed by atoms with E-state index in [-0.39, 0.29) is 11.3 Å². The van der Waals surface area contributed by atoms with Crippen molar-refractivity contribution < 1.29 is 4.79 Å². The van der Waals surface area contributed by atoms with Gasteiger partial charge in [0, 0.05) is 44.2 Å². The molecule has 4 nitrogen and oxygen atoms in total. The van der Waals surface area contributed by atoms with E-state index >= 15 is 0 Å². The second-order valence-electron chi connectivity index (χ2n) is 4.69. The Morgan fingerprint density at radius 2 is 2.06 bits per heavy atom. The first kappa shape index (κ1) is 12.2. The molecule has 1 saturated carbocycles. The van der Waals surface area contributed by atoms with Gasteiger partial charge < -0.3 is 11.1 Å². The first-order chi connectivity index (χ1) is 7.77. The molecule has 2 rings (SSSR count). The van der Waals surface area contributed by atoms with Gasteiger partial charge in [0.15, 0.2) is 0 Å². The fraction of sp³-hybridized carbons (Fsp3) is 0.909. The molecule has 3 N–H and O–H groups in total. The Morgan fingerprint density at radius 1 is 1.38 bits per heavy atom. The molecular formula is C11H21N3OS. The average molecular weight is 243 g/mol. The van der Waals surface area contributed by atoms with Gasteiger partial charge in [0.25, 0.3) is 0 Å². The predicted molar refractivity (Wildman–Crippen MR) is 67.5 cm³/mol. The van der Waals surface area contributed by atoms with E-state index in [4.69, 9.17) is 5.73 Å². The van der Waals surface area contributed by atoms with Crippen LogP contribution in [0.5, 0.6) is 0 Å². The molecule has 0 aromatic heterocycles. The van der Waals surface area contributed by atoms with Crippen molar-refractivity contribution >= 4 is 17.7 Å². The van der Waals surface area contributed by atoms with E-state index in [0.29, 0.717) is 6.54 Å². The minimum absolute atomic E-state index is 0.168. The number of thioether (sulfide) groups is 1. The summed E-state index contributed by atoms with van der Waals surface area (Å²) in [5.41, 5.74) is 5.41. The van der Waals surface area contributed by atoms with E-state index in [0.717, 1.165) is 39.0 Å². The molecular weight excluding hydrogens is 222 g/mol. The van der Waals surface area contributed by atoms with Crippen LogP contribution < -0.4 is 11.1 Å². The van der Waals surface area contributed by atoms with Crippen molar-refractivity contribution in [2.75, 3.05) is 44.2 Å². The molecule has 92 valence electrons. The quantitative estimate of drug-likeness (QED) is 0.707. The fourth-order valence-corrected chi connectivity index (χ4v) is 2.99. The summed E-state index contributed by atoms with van der Waals surface area (Å²) in [7, 11) is 0. The highest BCUT2D eigenvalue weighted by atomic mass is 32.2. The van der Waals surface area contributed by atoms with Crippen molar-refractivity contribution in [2.45, 2.75) is 12.8 Å². The number of rotatable bonds is 5. The van der Waals surface area contributed by atoms with Crippen LogP contribution in [0.3, 0.4) is 0 Å². The van der Waals surface area contributed by atoms with Gasteiger partial charge in [-0.1, -0.05) is 0 Å². The average Bonchev–Trinajstić information content (AvgIpc) is 3.11. The Hall–Kier alpha value is -0.260. The zero-order chi connectivity index (χ0) is 11.4. The van der Waals surface area contributed by atoms with Gasteiger partial charge in [0.1, 0.15) is 0 Å². The van der Waals surface area contributed by atoms with Crippen molar-refractivity contribution in [1.82, 2.24) is 10.2 Å². The van der Waals surface area contributed by atoms with Gasteiger partial charge in [0.05, 0.1) is 5.41 Å². The maximum absolute atomic E-state index is 11.8. The molecule has 0 spiro atoms. The number of carbonyl (C=O) groups excluding carboxylic acids is 1. The lowest BCUT2D eigenvalue weighted by Crippen LogP contribution is -2.42. The fourth-order valence-electron chi connectivity index (χ4n) is 2.01. The van der Waals surface area contributed by atoms with Crippen LogP contribution in [-0.2, 0) is 4.79 Å². The number of carbonyl (C=O) groups is 1. The van der Waals surface area contributed by atoms with Crippen molar-refractivity contribution in [2.24, 2.45) is 11.1 Å². The molecule has 1 amide bonds. The molecule has 0 atom stereocenters. The monoisotopic (exact) mass is 243 g/mol. The largest absolute Gasteiger partial charge is 0.354 e. The van der Waals surface area contributed by atoms with Crippen LogP contribution >= 0.6 is 11.8 Å². The van der Waals surface area contributed by atoms with Crippen LogP contribution in [-0.4, -0.2) is 55.0 Å². The molecule has 0 unspecified atom stereocenters. The lowest BCUT2D eigenvalue weighted by atomic mass is 10.1. The Kier molecular flexibility index (Phi) is 4.10. The van der Waals surface area contributed by atoms with Crippen molar-refractivity contribution in [3.8, 4) is 0 Å². The first-order valence-corrected chi connectivity index (χ1v) is 7.21. The van der Waals surface area contributed by atoms with Gasteiger partial charge in [-0.05, 0) is 12.8 Å². The molecule has 2 fully saturated rings. The Morgan fingerprint density at radius 3 is 2.62 bits per heavy atom. The van der Waals surface area contributed by atoms with Gasteiger partial charge in [-0.3, -0.25) is 9.69 Å². The van der Waals surface area contributed by atoms with Gasteiger partial charge >= 0.3 is 0 Å². The maximum atomic E-state index is 11.8. The standard InChI is InChI=1S/C11H21N3OS/c12-9-11(1-2-11)10(15)13-3-4-14-5-7-16-8-6-14/h1-9,12H2,(H,13,15). The molecule has 0 aromatic rings. The molecule has 1 aliphatic heterocycles. The summed E-state index contributed by atoms with van der Waals surface area (Å²) >= 11 is 2.01. The first-order valence-electron chi connectivity index (χ1n) is 6.05. The molecule has 2 aliphatic rings. The molecule has 1 saturated heterocycles. The van der Waals surface area contributed by atoms with Crippen LogP contribution in [0.4, 0.5) is 0 Å². The summed E-state index contributed by atoms with van der Waals surface area (Å²) in [5.74, 6) is 2.61. The van der Waals surface area contributed by atoms with Gasteiger partial charge in [-0.25, -0.2) is 0 Å². The minimum atomic E-state index is -0.197. The zero-order valence-electron chi connectivity index (χ0n) is 9.71. The Bertz CT molecular complexity index is 250. The third kappa shape index (κ3) is 2.90. The third-order valence-corrected chi connectivity index (χ3v) is 4.49. The van der Waals surface area contributed by atoms with Crippen molar-refractivity contribution in [3.63, 3.8) is 0 Å². The second-order valence-corrected chi connectivity index (χ2v) is 5.92. The number of nitrogens with two attached hydrogens (primary N) is 1. The number of hydrogen-bond acceptors (Lipinski definition) is 4. The van der Waals surface area contributed by atoms with Crippen LogP contribution in [0.15, 0.2) is 0 Å². The number of hydrogen-bond donors (Lipinski definition) is 2. The Labute approximate surface area is 101 Å². The van der Waals surface area contributed by atoms with Crippen LogP contribution in [0.2, 0.25) is 0 Å². The van der Waals surface area contributed by atoms with E-state index in [2.05, 4.69) is 10.2 Å². The molecule has 0 bridgehead atoms. The molecule has 0 aromatic carbocycles. The lowest BCUT2D eigenvalue weighted by Gasteiger charge is -2.26. The van der Waals surface area contributed by atoms with E-state index in [1.165, 1.54) is 11.5 Å². The maximum Gasteiger partial charge on any atom is 0.227 e. The Balaban J connectivity index is 1.62. The van der Waals surface area contributed by atoms with Gasteiger partial charge in [-0.15, -0.1) is 0 Å². The molecule has 0 radical (unpaired) electrons. The van der Waals surface area contributed by atoms with Crippen LogP contribution in [0.25, 0.3) is 0 Å². The van der Waals surface area contributed by atoms with Gasteiger partial charge in [-0.2, -0.15) is 11.8 Å². The van der Waals surface area contributed by atoms with Crippen molar-refractivity contribution in [3.05, 3.63) is 0 Å². The summed E-state index contributed by atoms with van der Waals surface area (Å²) in [6.45, 7) is 4.56. The van der Waals surface area contributed by atoms with E-state index < -0.39 is 0 Å². The summed E-state index contributed by atoms with van der Waals surface area (Å²) in [4.78, 5) is 14.2. The van der Waals surface area contributed by atoms with E-state index in [1.54, 1.807) is 0 Å². The SMILES string of the molecule is NCC1(C(=O)NCCN2CCSCC2)CC1. The number of amides is 1. The number of nitrogens with one attached hydrogen (secondary N) is 1. The van der Waals surface area contributed by atoms with E-state index in [1.807, 2.05) is 11.8 Å². The number of nitrogens with zero attached hydrogens (tertiary/aromatic N) is 1. The highest BCUT2D eigenvalue weighted by molar-refractivity contribution is 7.99. The highest BCUT2D eigenvalue weighted by Crippen LogP contribution is 2.44. The third-order valence-electron chi connectivity index (χ3n) is 3.54. The normalized spacial score (nSPS) is 24.1. The zero-order valence-corrected chi connectivity index (χ0v) is 10.5. The van der Waals surface area contributed by atoms with Crippen LogP contribution in [0.1, 0.15) is 12.8 Å². The van der Waals surface area contributed by atoms with Gasteiger partial charge in [0.2, 0.25) is 5.91 Å². The van der Waals surface area contributed by atoms with Crippen molar-refractivity contribution in [1.29, 1.82) is 0 Å². The highest BCUT2D eigenvalue weighted by Gasteiger charge is 2.48. The minimum Gasteiger partial charge on any atom is -0.354 e. The predicted octanol–water partition coefficient (Wildman–Crippen LogP) is -0.110. The summed E-state index contributed by atoms with van der Waals surface area (Å²) < 4.78 is 0. The molecule has 1 heterocycles. The second kappa shape index (κ2) is 5.38. The summed E-state index contributed by atoms with van der Waals surface area (Å²) in [6.07, 6.45) is 1.94.